The number of carbonyl (C=O) groups excluding carboxylic acids is 2. The summed E-state index contributed by atoms with van der Waals surface area (Å²) in [7, 11) is 0. The van der Waals surface area contributed by atoms with Gasteiger partial charge in [0, 0.05) is 18.0 Å². The smallest absolute Gasteiger partial charge is 0.165 e. The highest BCUT2D eigenvalue weighted by Gasteiger charge is 2.15. The highest BCUT2D eigenvalue weighted by Crippen LogP contribution is 2.09. The van der Waals surface area contributed by atoms with Crippen LogP contribution in [0.25, 0.3) is 0 Å². The number of dihydropyridines is 1. The highest BCUT2D eigenvalue weighted by molar-refractivity contribution is 5.98. The van der Waals surface area contributed by atoms with Crippen LogP contribution in [0, 0.1) is 5.92 Å². The molecule has 0 saturated carbocycles. The summed E-state index contributed by atoms with van der Waals surface area (Å²) in [5, 5.41) is 2.86. The number of hydrogen-bond donors (Lipinski definition) is 1. The highest BCUT2D eigenvalue weighted by atomic mass is 16.1. The first-order valence-electron chi connectivity index (χ1n) is 5.70. The van der Waals surface area contributed by atoms with E-state index in [4.69, 9.17) is 0 Å². The lowest BCUT2D eigenvalue weighted by atomic mass is 9.99. The molecule has 0 unspecified atom stereocenters. The van der Waals surface area contributed by atoms with Crippen molar-refractivity contribution >= 4 is 12.1 Å². The molecule has 1 N–H and O–H groups in total. The van der Waals surface area contributed by atoms with Gasteiger partial charge in [-0.05, 0) is 6.08 Å². The minimum atomic E-state index is 0.0132. The maximum absolute atomic E-state index is 11.5. The van der Waals surface area contributed by atoms with Crippen LogP contribution in [0.15, 0.2) is 23.4 Å². The zero-order chi connectivity index (χ0) is 12.6. The summed E-state index contributed by atoms with van der Waals surface area (Å²) in [4.78, 5) is 21.8. The van der Waals surface area contributed by atoms with Crippen LogP contribution in [0.1, 0.15) is 34.1 Å². The van der Waals surface area contributed by atoms with Gasteiger partial charge in [-0.25, -0.2) is 0 Å². The van der Waals surface area contributed by atoms with Crippen LogP contribution in [-0.2, 0) is 9.59 Å². The van der Waals surface area contributed by atoms with E-state index in [0.717, 1.165) is 11.9 Å². The second kappa shape index (κ2) is 7.85. The molecule has 3 heteroatoms. The molecule has 0 radical (unpaired) electrons. The predicted molar refractivity (Wildman–Crippen MR) is 66.0 cm³/mol. The third kappa shape index (κ3) is 4.91. The van der Waals surface area contributed by atoms with Gasteiger partial charge >= 0.3 is 0 Å². The second-order valence-electron chi connectivity index (χ2n) is 4.01. The van der Waals surface area contributed by atoms with Crippen LogP contribution in [0.2, 0.25) is 0 Å². The lowest BCUT2D eigenvalue weighted by Crippen LogP contribution is -2.26. The molecular formula is C13H21NO2. The first-order valence-corrected chi connectivity index (χ1v) is 5.70. The Bertz CT molecular complexity index is 301. The average Bonchev–Trinajstić information content (AvgIpc) is 2.29. The van der Waals surface area contributed by atoms with Gasteiger partial charge in [-0.15, -0.1) is 0 Å². The molecule has 0 aromatic heterocycles. The van der Waals surface area contributed by atoms with Gasteiger partial charge in [-0.1, -0.05) is 40.2 Å². The minimum absolute atomic E-state index is 0.0132. The van der Waals surface area contributed by atoms with Gasteiger partial charge in [0.2, 0.25) is 0 Å². The molecule has 3 nitrogen and oxygen atoms in total. The molecular weight excluding hydrogens is 202 g/mol. The Morgan fingerprint density at radius 2 is 2.00 bits per heavy atom. The fourth-order valence-corrected chi connectivity index (χ4v) is 1.13. The number of allylic oxidation sites excluding steroid dienone is 3. The molecule has 16 heavy (non-hydrogen) atoms. The van der Waals surface area contributed by atoms with E-state index >= 15 is 0 Å². The van der Waals surface area contributed by atoms with Crippen LogP contribution in [0.5, 0.6) is 0 Å². The van der Waals surface area contributed by atoms with Crippen molar-refractivity contribution < 1.29 is 9.59 Å². The van der Waals surface area contributed by atoms with Crippen LogP contribution >= 0.6 is 0 Å². The molecule has 1 heterocycles. The second-order valence-corrected chi connectivity index (χ2v) is 4.01. The molecule has 0 bridgehead atoms. The molecule has 0 aromatic carbocycles. The van der Waals surface area contributed by atoms with Gasteiger partial charge in [-0.2, -0.15) is 0 Å². The van der Waals surface area contributed by atoms with E-state index in [0.29, 0.717) is 12.2 Å². The normalized spacial score (nSPS) is 14.1. The Morgan fingerprint density at radius 1 is 1.44 bits per heavy atom. The van der Waals surface area contributed by atoms with E-state index in [-0.39, 0.29) is 11.7 Å². The maximum atomic E-state index is 11.5. The van der Waals surface area contributed by atoms with Gasteiger partial charge in [-0.3, -0.25) is 9.59 Å². The van der Waals surface area contributed by atoms with E-state index in [9.17, 15) is 9.59 Å². The number of aldehydes is 1. The zero-order valence-electron chi connectivity index (χ0n) is 10.5. The van der Waals surface area contributed by atoms with Crippen molar-refractivity contribution in [3.63, 3.8) is 0 Å². The number of Topliss-reactive ketones (excluding diaryl/α,β-unsaturated/α-hetero) is 1. The van der Waals surface area contributed by atoms with Crippen molar-refractivity contribution in [3.8, 4) is 0 Å². The molecule has 0 fully saturated rings. The molecule has 0 amide bonds. The Labute approximate surface area is 97.6 Å². The van der Waals surface area contributed by atoms with Gasteiger partial charge in [0.1, 0.15) is 0 Å². The molecule has 0 aliphatic carbocycles. The number of hydrogen-bond acceptors (Lipinski definition) is 3. The molecule has 1 aliphatic rings. The van der Waals surface area contributed by atoms with Crippen molar-refractivity contribution in [2.75, 3.05) is 6.54 Å². The van der Waals surface area contributed by atoms with Gasteiger partial charge < -0.3 is 5.32 Å². The van der Waals surface area contributed by atoms with Crippen molar-refractivity contribution in [1.29, 1.82) is 0 Å². The van der Waals surface area contributed by atoms with Gasteiger partial charge in [0.05, 0.1) is 5.70 Å². The predicted octanol–water partition coefficient (Wildman–Crippen LogP) is 2.24. The van der Waals surface area contributed by atoms with E-state index in [2.05, 4.69) is 19.2 Å². The van der Waals surface area contributed by atoms with E-state index in [1.807, 2.05) is 13.8 Å². The van der Waals surface area contributed by atoms with Crippen LogP contribution < -0.4 is 5.32 Å². The number of ketones is 1. The molecule has 1 rings (SSSR count). The fourth-order valence-electron chi connectivity index (χ4n) is 1.13. The molecule has 0 spiro atoms. The van der Waals surface area contributed by atoms with Gasteiger partial charge in [0.25, 0.3) is 0 Å². The van der Waals surface area contributed by atoms with Crippen molar-refractivity contribution in [2.45, 2.75) is 34.1 Å². The van der Waals surface area contributed by atoms with E-state index < -0.39 is 0 Å². The van der Waals surface area contributed by atoms with Crippen molar-refractivity contribution in [1.82, 2.24) is 5.32 Å². The zero-order valence-corrected chi connectivity index (χ0v) is 10.5. The SMILES string of the molecule is CC(C)C(=O)C1=CC=C(C=O)NC1.CCC. The Kier molecular flexibility index (Phi) is 7.18. The summed E-state index contributed by atoms with van der Waals surface area (Å²) in [6, 6.07) is 0. The van der Waals surface area contributed by atoms with E-state index in [1.54, 1.807) is 12.2 Å². The first-order chi connectivity index (χ1) is 7.56. The number of nitrogens with one attached hydrogen (secondary N) is 1. The number of rotatable bonds is 3. The largest absolute Gasteiger partial charge is 0.378 e. The topological polar surface area (TPSA) is 46.2 Å². The standard InChI is InChI=1S/C10H13NO2.C3H8/c1-7(2)10(13)8-3-4-9(6-12)11-5-8;1-3-2/h3-4,6-7,11H,5H2,1-2H3;3H2,1-2H3. The minimum Gasteiger partial charge on any atom is -0.378 e. The average molecular weight is 223 g/mol. The molecule has 0 saturated heterocycles. The van der Waals surface area contributed by atoms with E-state index in [1.165, 1.54) is 6.42 Å². The first kappa shape index (κ1) is 14.6. The Morgan fingerprint density at radius 3 is 2.31 bits per heavy atom. The summed E-state index contributed by atoms with van der Waals surface area (Å²) in [6.45, 7) is 8.44. The van der Waals surface area contributed by atoms with Crippen LogP contribution in [0.4, 0.5) is 0 Å². The summed E-state index contributed by atoms with van der Waals surface area (Å²) in [5.74, 6) is 0.146. The number of carbonyl (C=O) groups is 2. The Hall–Kier alpha value is -1.38. The van der Waals surface area contributed by atoms with Crippen LogP contribution in [0.3, 0.4) is 0 Å². The summed E-state index contributed by atoms with van der Waals surface area (Å²) >= 11 is 0. The summed E-state index contributed by atoms with van der Waals surface area (Å²) < 4.78 is 0. The third-order valence-corrected chi connectivity index (χ3v) is 1.91. The van der Waals surface area contributed by atoms with Crippen molar-refractivity contribution in [2.24, 2.45) is 5.92 Å². The van der Waals surface area contributed by atoms with Crippen molar-refractivity contribution in [3.05, 3.63) is 23.4 Å². The lowest BCUT2D eigenvalue weighted by Gasteiger charge is -2.14. The monoisotopic (exact) mass is 223 g/mol. The Balaban J connectivity index is 0.000000673. The molecule has 0 aromatic rings. The molecule has 1 aliphatic heterocycles. The quantitative estimate of drug-likeness (QED) is 0.746. The summed E-state index contributed by atoms with van der Waals surface area (Å²) in [5.41, 5.74) is 1.26. The molecule has 90 valence electrons. The summed E-state index contributed by atoms with van der Waals surface area (Å²) in [6.07, 6.45) is 5.34. The van der Waals surface area contributed by atoms with Crippen LogP contribution in [-0.4, -0.2) is 18.6 Å². The third-order valence-electron chi connectivity index (χ3n) is 1.91. The lowest BCUT2D eigenvalue weighted by molar-refractivity contribution is -0.118. The van der Waals surface area contributed by atoms with Gasteiger partial charge in [0.15, 0.2) is 12.1 Å². The maximum Gasteiger partial charge on any atom is 0.165 e. The molecule has 0 atom stereocenters. The fraction of sp³-hybridized carbons (Fsp3) is 0.538.